The van der Waals surface area contributed by atoms with Crippen molar-refractivity contribution in [3.8, 4) is 11.3 Å². The van der Waals surface area contributed by atoms with Gasteiger partial charge in [-0.25, -0.2) is 9.78 Å². The Balaban J connectivity index is 1.81. The predicted molar refractivity (Wildman–Crippen MR) is 120 cm³/mol. The van der Waals surface area contributed by atoms with Crippen LogP contribution in [0.25, 0.3) is 11.3 Å². The molecular weight excluding hydrogens is 412 g/mol. The highest BCUT2D eigenvalue weighted by molar-refractivity contribution is 6.00. The van der Waals surface area contributed by atoms with E-state index in [1.54, 1.807) is 10.9 Å². The molecule has 32 heavy (non-hydrogen) atoms. The third-order valence-corrected chi connectivity index (χ3v) is 5.38. The first-order valence-electron chi connectivity index (χ1n) is 9.95. The minimum atomic E-state index is -0.454. The fourth-order valence-electron chi connectivity index (χ4n) is 3.66. The van der Waals surface area contributed by atoms with Gasteiger partial charge in [0.2, 0.25) is 0 Å². The van der Waals surface area contributed by atoms with Crippen LogP contribution in [-0.2, 0) is 7.05 Å². The summed E-state index contributed by atoms with van der Waals surface area (Å²) < 4.78 is 1.80. The second-order valence-corrected chi connectivity index (χ2v) is 7.35. The lowest BCUT2D eigenvalue weighted by atomic mass is 9.96. The number of amides is 3. The molecule has 12 nitrogen and oxygen atoms in total. The summed E-state index contributed by atoms with van der Waals surface area (Å²) in [5, 5.41) is 23.3. The molecule has 0 saturated carbocycles. The van der Waals surface area contributed by atoms with Crippen molar-refractivity contribution >= 4 is 34.9 Å². The van der Waals surface area contributed by atoms with Gasteiger partial charge in [-0.15, -0.1) is 10.2 Å². The standard InChI is InChI=1S/C20H24N10O2/c1-10-12-9-29(4)28-15(12)11-6-7-23-18(17(11)30(10)5)24-13-8-14(25-20(32)22-3)26-27-16(13)19(31)21-2/h6-10H,1-5H3,(H,21,31)(H3,22,23,24,25,26,32)/t10-/m0/s1. The minimum absolute atomic E-state index is 0.0652. The van der Waals surface area contributed by atoms with Gasteiger partial charge in [0.1, 0.15) is 0 Å². The molecule has 1 atom stereocenters. The first kappa shape index (κ1) is 21.0. The molecule has 0 bridgehead atoms. The lowest BCUT2D eigenvalue weighted by Gasteiger charge is -2.34. The van der Waals surface area contributed by atoms with Gasteiger partial charge in [-0.3, -0.25) is 14.8 Å². The Bertz CT molecular complexity index is 1210. The van der Waals surface area contributed by atoms with Crippen molar-refractivity contribution in [1.82, 2.24) is 35.6 Å². The van der Waals surface area contributed by atoms with E-state index in [9.17, 15) is 9.59 Å². The molecule has 0 spiro atoms. The summed E-state index contributed by atoms with van der Waals surface area (Å²) in [6.45, 7) is 2.09. The van der Waals surface area contributed by atoms with Gasteiger partial charge in [0.25, 0.3) is 5.91 Å². The number of rotatable bonds is 4. The maximum absolute atomic E-state index is 12.4. The molecule has 0 aromatic carbocycles. The van der Waals surface area contributed by atoms with Crippen LogP contribution in [0.15, 0.2) is 24.5 Å². The summed E-state index contributed by atoms with van der Waals surface area (Å²) in [7, 11) is 6.87. The van der Waals surface area contributed by atoms with Crippen molar-refractivity contribution in [3.63, 3.8) is 0 Å². The van der Waals surface area contributed by atoms with Crippen LogP contribution in [0.5, 0.6) is 0 Å². The van der Waals surface area contributed by atoms with E-state index in [-0.39, 0.29) is 17.6 Å². The normalized spacial score (nSPS) is 14.3. The van der Waals surface area contributed by atoms with Crippen molar-refractivity contribution in [2.75, 3.05) is 36.7 Å². The third kappa shape index (κ3) is 3.55. The molecule has 0 fully saturated rings. The number of aromatic nitrogens is 5. The van der Waals surface area contributed by atoms with Gasteiger partial charge in [-0.1, -0.05) is 0 Å². The van der Waals surface area contributed by atoms with E-state index in [0.717, 1.165) is 22.5 Å². The SMILES string of the molecule is CNC(=O)Nc1cc(Nc2nccc3c2N(C)[C@@H](C)c2cn(C)nc2-3)c(C(=O)NC)nn1. The summed E-state index contributed by atoms with van der Waals surface area (Å²) in [5.41, 5.74) is 4.18. The second kappa shape index (κ2) is 8.13. The molecule has 12 heteroatoms. The van der Waals surface area contributed by atoms with Crippen LogP contribution in [0, 0.1) is 0 Å². The molecule has 0 unspecified atom stereocenters. The fourth-order valence-corrected chi connectivity index (χ4v) is 3.66. The van der Waals surface area contributed by atoms with E-state index in [0.29, 0.717) is 11.5 Å². The van der Waals surface area contributed by atoms with Crippen LogP contribution >= 0.6 is 0 Å². The Morgan fingerprint density at radius 3 is 2.62 bits per heavy atom. The monoisotopic (exact) mass is 436 g/mol. The first-order valence-corrected chi connectivity index (χ1v) is 9.95. The molecule has 3 amide bonds. The van der Waals surface area contributed by atoms with Crippen LogP contribution in [-0.4, -0.2) is 58.0 Å². The molecule has 4 rings (SSSR count). The predicted octanol–water partition coefficient (Wildman–Crippen LogP) is 1.64. The third-order valence-electron chi connectivity index (χ3n) is 5.38. The number of aryl methyl sites for hydroxylation is 1. The number of urea groups is 1. The molecule has 4 N–H and O–H groups in total. The number of hydrogen-bond donors (Lipinski definition) is 4. The van der Waals surface area contributed by atoms with Gasteiger partial charge in [-0.05, 0) is 13.0 Å². The summed E-state index contributed by atoms with van der Waals surface area (Å²) in [6, 6.07) is 3.06. The maximum atomic E-state index is 12.4. The number of carbonyl (C=O) groups excluding carboxylic acids is 2. The number of pyridine rings is 1. The van der Waals surface area contributed by atoms with Crippen molar-refractivity contribution in [3.05, 3.63) is 35.8 Å². The minimum Gasteiger partial charge on any atom is -0.364 e. The summed E-state index contributed by atoms with van der Waals surface area (Å²) in [4.78, 5) is 30.7. The first-order chi connectivity index (χ1) is 15.3. The zero-order valence-corrected chi connectivity index (χ0v) is 18.4. The van der Waals surface area contributed by atoms with Crippen LogP contribution in [0.4, 0.5) is 27.8 Å². The van der Waals surface area contributed by atoms with E-state index < -0.39 is 11.9 Å². The summed E-state index contributed by atoms with van der Waals surface area (Å²) in [5.74, 6) is 0.278. The highest BCUT2D eigenvalue weighted by atomic mass is 16.2. The molecule has 0 saturated heterocycles. The molecule has 166 valence electrons. The van der Waals surface area contributed by atoms with Gasteiger partial charge in [-0.2, -0.15) is 5.10 Å². The van der Waals surface area contributed by atoms with Crippen molar-refractivity contribution in [2.45, 2.75) is 13.0 Å². The average molecular weight is 436 g/mol. The van der Waals surface area contributed by atoms with E-state index in [1.807, 2.05) is 26.4 Å². The van der Waals surface area contributed by atoms with Gasteiger partial charge in [0.15, 0.2) is 17.3 Å². The lowest BCUT2D eigenvalue weighted by molar-refractivity contribution is 0.0958. The number of fused-ring (bicyclic) bond motifs is 3. The molecule has 0 radical (unpaired) electrons. The van der Waals surface area contributed by atoms with Gasteiger partial charge >= 0.3 is 6.03 Å². The molecular formula is C20H24N10O2. The molecule has 0 aliphatic carbocycles. The molecule has 1 aliphatic heterocycles. The molecule has 3 aromatic rings. The quantitative estimate of drug-likeness (QED) is 0.484. The van der Waals surface area contributed by atoms with Crippen LogP contribution < -0.4 is 26.2 Å². The highest BCUT2D eigenvalue weighted by Crippen LogP contribution is 2.46. The van der Waals surface area contributed by atoms with Crippen molar-refractivity contribution in [1.29, 1.82) is 0 Å². The van der Waals surface area contributed by atoms with E-state index in [1.165, 1.54) is 20.2 Å². The van der Waals surface area contributed by atoms with Crippen molar-refractivity contribution < 1.29 is 9.59 Å². The van der Waals surface area contributed by atoms with Crippen LogP contribution in [0.2, 0.25) is 0 Å². The molecule has 3 aromatic heterocycles. The number of anilines is 4. The Hall–Kier alpha value is -4.22. The highest BCUT2D eigenvalue weighted by Gasteiger charge is 2.31. The second-order valence-electron chi connectivity index (χ2n) is 7.35. The lowest BCUT2D eigenvalue weighted by Crippen LogP contribution is -2.28. The van der Waals surface area contributed by atoms with Crippen molar-refractivity contribution in [2.24, 2.45) is 7.05 Å². The Morgan fingerprint density at radius 1 is 1.12 bits per heavy atom. The topological polar surface area (TPSA) is 142 Å². The van der Waals surface area contributed by atoms with E-state index >= 15 is 0 Å². The smallest absolute Gasteiger partial charge is 0.320 e. The zero-order valence-electron chi connectivity index (χ0n) is 18.4. The zero-order chi connectivity index (χ0) is 23.0. The van der Waals surface area contributed by atoms with Gasteiger partial charge in [0, 0.05) is 57.8 Å². The number of nitrogens with zero attached hydrogens (tertiary/aromatic N) is 6. The van der Waals surface area contributed by atoms with Gasteiger partial charge in [0.05, 0.1) is 23.1 Å². The summed E-state index contributed by atoms with van der Waals surface area (Å²) >= 11 is 0. The molecule has 4 heterocycles. The van der Waals surface area contributed by atoms with Crippen LogP contribution in [0.1, 0.15) is 29.0 Å². The van der Waals surface area contributed by atoms with E-state index in [2.05, 4.69) is 53.4 Å². The largest absolute Gasteiger partial charge is 0.364 e. The number of nitrogens with one attached hydrogen (secondary N) is 4. The number of hydrogen-bond acceptors (Lipinski definition) is 8. The number of carbonyl (C=O) groups is 2. The summed E-state index contributed by atoms with van der Waals surface area (Å²) in [6.07, 6.45) is 3.70. The van der Waals surface area contributed by atoms with Crippen LogP contribution in [0.3, 0.4) is 0 Å². The average Bonchev–Trinajstić information content (AvgIpc) is 3.19. The Kier molecular flexibility index (Phi) is 5.34. The van der Waals surface area contributed by atoms with Gasteiger partial charge < -0.3 is 20.9 Å². The molecule has 1 aliphatic rings. The van der Waals surface area contributed by atoms with E-state index in [4.69, 9.17) is 0 Å². The Labute approximate surface area is 184 Å². The Morgan fingerprint density at radius 2 is 1.91 bits per heavy atom. The fraction of sp³-hybridized carbons (Fsp3) is 0.300. The maximum Gasteiger partial charge on any atom is 0.320 e.